The van der Waals surface area contributed by atoms with E-state index in [9.17, 15) is 4.79 Å². The molecule has 4 heteroatoms. The highest BCUT2D eigenvalue weighted by molar-refractivity contribution is 5.94. The Morgan fingerprint density at radius 3 is 2.47 bits per heavy atom. The van der Waals surface area contributed by atoms with Crippen LogP contribution in [0.25, 0.3) is 0 Å². The molecular formula is C15H20N2O2. The first-order valence-corrected chi connectivity index (χ1v) is 7.02. The Balaban J connectivity index is 1.65. The van der Waals surface area contributed by atoms with E-state index in [-0.39, 0.29) is 5.56 Å². The highest BCUT2D eigenvalue weighted by Gasteiger charge is 2.40. The second-order valence-corrected chi connectivity index (χ2v) is 5.83. The molecule has 4 nitrogen and oxygen atoms in total. The van der Waals surface area contributed by atoms with E-state index in [4.69, 9.17) is 10.8 Å². The monoisotopic (exact) mass is 260 g/mol. The molecule has 0 spiro atoms. The van der Waals surface area contributed by atoms with Crippen molar-refractivity contribution in [2.45, 2.75) is 25.7 Å². The van der Waals surface area contributed by atoms with Crippen LogP contribution in [0.1, 0.15) is 36.0 Å². The van der Waals surface area contributed by atoms with Gasteiger partial charge >= 0.3 is 5.97 Å². The van der Waals surface area contributed by atoms with Crippen molar-refractivity contribution in [2.75, 3.05) is 17.6 Å². The molecule has 2 saturated carbocycles. The summed E-state index contributed by atoms with van der Waals surface area (Å²) in [4.78, 5) is 11.0. The number of nitrogen functional groups attached to an aromatic ring is 1. The van der Waals surface area contributed by atoms with E-state index in [0.29, 0.717) is 5.69 Å². The highest BCUT2D eigenvalue weighted by Crippen LogP contribution is 2.49. The number of nitrogens with two attached hydrogens (primary N) is 1. The van der Waals surface area contributed by atoms with E-state index < -0.39 is 5.97 Å². The largest absolute Gasteiger partial charge is 0.478 e. The average Bonchev–Trinajstić information content (AvgIpc) is 3.25. The van der Waals surface area contributed by atoms with Gasteiger partial charge in [0, 0.05) is 17.9 Å². The molecule has 0 heterocycles. The molecule has 0 aliphatic heterocycles. The first-order chi connectivity index (χ1) is 9.15. The number of carbonyl (C=O) groups is 1. The average molecular weight is 260 g/mol. The van der Waals surface area contributed by atoms with E-state index in [1.807, 2.05) is 6.07 Å². The van der Waals surface area contributed by atoms with E-state index in [0.717, 1.165) is 30.0 Å². The van der Waals surface area contributed by atoms with Crippen LogP contribution >= 0.6 is 0 Å². The number of rotatable bonds is 6. The summed E-state index contributed by atoms with van der Waals surface area (Å²) in [5, 5.41) is 12.4. The number of carboxylic acid groups (broad SMARTS) is 1. The predicted octanol–water partition coefficient (Wildman–Crippen LogP) is 2.82. The van der Waals surface area contributed by atoms with Gasteiger partial charge in [-0.2, -0.15) is 0 Å². The van der Waals surface area contributed by atoms with Crippen molar-refractivity contribution in [3.8, 4) is 0 Å². The number of benzene rings is 1. The van der Waals surface area contributed by atoms with Gasteiger partial charge in [0.1, 0.15) is 0 Å². The van der Waals surface area contributed by atoms with Gasteiger partial charge in [-0.1, -0.05) is 0 Å². The number of anilines is 2. The fourth-order valence-corrected chi connectivity index (χ4v) is 2.85. The lowest BCUT2D eigenvalue weighted by molar-refractivity contribution is 0.0698. The minimum atomic E-state index is -0.970. The molecule has 0 aromatic heterocycles. The molecule has 0 bridgehead atoms. The lowest BCUT2D eigenvalue weighted by Gasteiger charge is -2.17. The van der Waals surface area contributed by atoms with Gasteiger partial charge in [-0.3, -0.25) is 0 Å². The van der Waals surface area contributed by atoms with Gasteiger partial charge in [-0.15, -0.1) is 0 Å². The molecule has 0 amide bonds. The summed E-state index contributed by atoms with van der Waals surface area (Å²) < 4.78 is 0. The van der Waals surface area contributed by atoms with Crippen LogP contribution < -0.4 is 11.1 Å². The van der Waals surface area contributed by atoms with Gasteiger partial charge in [0.2, 0.25) is 0 Å². The van der Waals surface area contributed by atoms with Crippen LogP contribution in [0.4, 0.5) is 11.4 Å². The maximum absolute atomic E-state index is 11.0. The van der Waals surface area contributed by atoms with Crippen LogP contribution in [0, 0.1) is 17.8 Å². The Hall–Kier alpha value is -1.71. The van der Waals surface area contributed by atoms with Crippen LogP contribution in [-0.4, -0.2) is 17.6 Å². The summed E-state index contributed by atoms with van der Waals surface area (Å²) in [6, 6.07) is 5.15. The normalized spacial score (nSPS) is 18.6. The number of hydrogen-bond acceptors (Lipinski definition) is 3. The third-order valence-electron chi connectivity index (χ3n) is 4.28. The number of hydrogen-bond donors (Lipinski definition) is 3. The first-order valence-electron chi connectivity index (χ1n) is 7.02. The molecule has 3 rings (SSSR count). The third-order valence-corrected chi connectivity index (χ3v) is 4.28. The van der Waals surface area contributed by atoms with Crippen molar-refractivity contribution in [2.24, 2.45) is 17.8 Å². The molecule has 0 saturated heterocycles. The van der Waals surface area contributed by atoms with Crippen LogP contribution in [0.3, 0.4) is 0 Å². The molecule has 0 unspecified atom stereocenters. The van der Waals surface area contributed by atoms with Gasteiger partial charge in [0.25, 0.3) is 0 Å². The Labute approximate surface area is 113 Å². The summed E-state index contributed by atoms with van der Waals surface area (Å²) in [5.41, 5.74) is 7.01. The van der Waals surface area contributed by atoms with E-state index >= 15 is 0 Å². The molecule has 2 aliphatic carbocycles. The van der Waals surface area contributed by atoms with Crippen molar-refractivity contribution in [1.29, 1.82) is 0 Å². The zero-order chi connectivity index (χ0) is 13.4. The molecule has 0 radical (unpaired) electrons. The Morgan fingerprint density at radius 2 is 1.95 bits per heavy atom. The minimum Gasteiger partial charge on any atom is -0.478 e. The molecule has 1 aromatic rings. The molecule has 102 valence electrons. The predicted molar refractivity (Wildman–Crippen MR) is 75.2 cm³/mol. The van der Waals surface area contributed by atoms with E-state index in [2.05, 4.69) is 5.32 Å². The van der Waals surface area contributed by atoms with Crippen LogP contribution in [0.5, 0.6) is 0 Å². The summed E-state index contributed by atoms with van der Waals surface area (Å²) >= 11 is 0. The topological polar surface area (TPSA) is 75.3 Å². The van der Waals surface area contributed by atoms with Gasteiger partial charge in [-0.05, 0) is 61.6 Å². The van der Waals surface area contributed by atoms with Gasteiger partial charge in [0.05, 0.1) is 5.56 Å². The smallest absolute Gasteiger partial charge is 0.337 e. The van der Waals surface area contributed by atoms with Crippen LogP contribution in [0.15, 0.2) is 18.2 Å². The first kappa shape index (κ1) is 12.3. The summed E-state index contributed by atoms with van der Waals surface area (Å²) in [7, 11) is 0. The standard InChI is InChI=1S/C15H20N2O2/c16-14-6-5-11(7-12(14)15(18)19)17-8-13(9-1-2-9)10-3-4-10/h5-7,9-10,13,17H,1-4,8,16H2,(H,18,19). The van der Waals surface area contributed by atoms with Crippen molar-refractivity contribution in [3.05, 3.63) is 23.8 Å². The maximum Gasteiger partial charge on any atom is 0.337 e. The van der Waals surface area contributed by atoms with Gasteiger partial charge < -0.3 is 16.2 Å². The van der Waals surface area contributed by atoms with Crippen molar-refractivity contribution in [1.82, 2.24) is 0 Å². The zero-order valence-corrected chi connectivity index (χ0v) is 10.9. The Kier molecular flexibility index (Phi) is 3.09. The molecule has 4 N–H and O–H groups in total. The third kappa shape index (κ3) is 2.83. The quantitative estimate of drug-likeness (QED) is 0.687. The summed E-state index contributed by atoms with van der Waals surface area (Å²) in [6.45, 7) is 0.957. The maximum atomic E-state index is 11.0. The SMILES string of the molecule is Nc1ccc(NCC(C2CC2)C2CC2)cc1C(=O)O. The molecule has 2 aliphatic rings. The number of carboxylic acids is 1. The van der Waals surface area contributed by atoms with Crippen molar-refractivity contribution < 1.29 is 9.90 Å². The van der Waals surface area contributed by atoms with Crippen LogP contribution in [-0.2, 0) is 0 Å². The lowest BCUT2D eigenvalue weighted by Crippen LogP contribution is -2.18. The second kappa shape index (κ2) is 4.76. The van der Waals surface area contributed by atoms with Gasteiger partial charge in [-0.25, -0.2) is 4.79 Å². The summed E-state index contributed by atoms with van der Waals surface area (Å²) in [5.74, 6) is 1.59. The van der Waals surface area contributed by atoms with E-state index in [1.165, 1.54) is 25.7 Å². The van der Waals surface area contributed by atoms with Crippen LogP contribution in [0.2, 0.25) is 0 Å². The Morgan fingerprint density at radius 1 is 1.32 bits per heavy atom. The lowest BCUT2D eigenvalue weighted by atomic mass is 9.98. The van der Waals surface area contributed by atoms with Crippen molar-refractivity contribution in [3.63, 3.8) is 0 Å². The second-order valence-electron chi connectivity index (χ2n) is 5.83. The molecule has 19 heavy (non-hydrogen) atoms. The van der Waals surface area contributed by atoms with Crippen molar-refractivity contribution >= 4 is 17.3 Å². The summed E-state index contributed by atoms with van der Waals surface area (Å²) in [6.07, 6.45) is 5.46. The fourth-order valence-electron chi connectivity index (χ4n) is 2.85. The number of aromatic carboxylic acids is 1. The van der Waals surface area contributed by atoms with E-state index in [1.54, 1.807) is 12.1 Å². The Bertz CT molecular complexity index is 481. The van der Waals surface area contributed by atoms with Gasteiger partial charge in [0.15, 0.2) is 0 Å². The minimum absolute atomic E-state index is 0.180. The molecular weight excluding hydrogens is 240 g/mol. The molecule has 0 atom stereocenters. The molecule has 2 fully saturated rings. The highest BCUT2D eigenvalue weighted by atomic mass is 16.4. The fraction of sp³-hybridized carbons (Fsp3) is 0.533. The number of nitrogens with one attached hydrogen (secondary N) is 1. The zero-order valence-electron chi connectivity index (χ0n) is 10.9. The molecule has 1 aromatic carbocycles.